The lowest BCUT2D eigenvalue weighted by Gasteiger charge is -2.25. The van der Waals surface area contributed by atoms with Crippen LogP contribution in [0.15, 0.2) is 6.20 Å². The second kappa shape index (κ2) is 3.85. The number of aryl methyl sites for hydroxylation is 1. The molecule has 82 valence electrons. The van der Waals surface area contributed by atoms with Crippen LogP contribution in [0.2, 0.25) is 0 Å². The van der Waals surface area contributed by atoms with Gasteiger partial charge in [-0.3, -0.25) is 14.8 Å². The highest BCUT2D eigenvalue weighted by atomic mass is 16.6. The van der Waals surface area contributed by atoms with Gasteiger partial charge in [0.2, 0.25) is 5.82 Å². The summed E-state index contributed by atoms with van der Waals surface area (Å²) >= 11 is 0. The number of nitrogens with zero attached hydrogens (tertiary/aromatic N) is 4. The smallest absolute Gasteiger partial charge is 0.330 e. The molecule has 2 rings (SSSR count). The van der Waals surface area contributed by atoms with Gasteiger partial charge in [0.1, 0.15) is 6.20 Å². The molecule has 15 heavy (non-hydrogen) atoms. The number of ether oxygens (including phenoxy) is 1. The largest absolute Gasteiger partial charge is 0.378 e. The summed E-state index contributed by atoms with van der Waals surface area (Å²) < 4.78 is 6.64. The van der Waals surface area contributed by atoms with Crippen molar-refractivity contribution in [2.75, 3.05) is 31.2 Å². The molecule has 0 amide bonds. The SMILES string of the molecule is Cn1cc([N+](=O)[O-])c(N2CCOCC2)n1. The lowest BCUT2D eigenvalue weighted by Crippen LogP contribution is -2.36. The predicted molar refractivity (Wildman–Crippen MR) is 52.9 cm³/mol. The summed E-state index contributed by atoms with van der Waals surface area (Å²) in [5, 5.41) is 14.9. The molecular weight excluding hydrogens is 200 g/mol. The Labute approximate surface area is 86.4 Å². The van der Waals surface area contributed by atoms with E-state index in [4.69, 9.17) is 4.74 Å². The first-order valence-corrected chi connectivity index (χ1v) is 4.69. The fourth-order valence-electron chi connectivity index (χ4n) is 1.59. The highest BCUT2D eigenvalue weighted by Gasteiger charge is 2.25. The summed E-state index contributed by atoms with van der Waals surface area (Å²) in [6.07, 6.45) is 1.42. The minimum Gasteiger partial charge on any atom is -0.378 e. The summed E-state index contributed by atoms with van der Waals surface area (Å²) in [5.41, 5.74) is 0.0550. The number of hydrogen-bond donors (Lipinski definition) is 0. The van der Waals surface area contributed by atoms with Crippen LogP contribution in [-0.4, -0.2) is 41.0 Å². The topological polar surface area (TPSA) is 73.4 Å². The molecule has 1 aromatic heterocycles. The first-order valence-electron chi connectivity index (χ1n) is 4.69. The Bertz CT molecular complexity index is 370. The van der Waals surface area contributed by atoms with Gasteiger partial charge in [-0.25, -0.2) is 0 Å². The number of aromatic nitrogens is 2. The van der Waals surface area contributed by atoms with Crippen molar-refractivity contribution in [1.29, 1.82) is 0 Å². The average molecular weight is 212 g/mol. The maximum absolute atomic E-state index is 10.8. The number of morpholine rings is 1. The van der Waals surface area contributed by atoms with Crippen LogP contribution in [0.5, 0.6) is 0 Å². The van der Waals surface area contributed by atoms with E-state index in [-0.39, 0.29) is 5.69 Å². The van der Waals surface area contributed by atoms with Crippen LogP contribution < -0.4 is 4.90 Å². The first kappa shape index (κ1) is 9.91. The van der Waals surface area contributed by atoms with E-state index in [2.05, 4.69) is 5.10 Å². The zero-order valence-corrected chi connectivity index (χ0v) is 8.42. The Balaban J connectivity index is 2.28. The standard InChI is InChI=1S/C8H12N4O3/c1-10-6-7(12(13)14)8(9-10)11-2-4-15-5-3-11/h6H,2-5H2,1H3. The average Bonchev–Trinajstić information content (AvgIpc) is 2.62. The maximum atomic E-state index is 10.8. The molecule has 7 nitrogen and oxygen atoms in total. The van der Waals surface area contributed by atoms with Crippen LogP contribution in [0.3, 0.4) is 0 Å². The Hall–Kier alpha value is -1.63. The molecule has 0 aromatic carbocycles. The van der Waals surface area contributed by atoms with Gasteiger partial charge < -0.3 is 9.64 Å². The second-order valence-corrected chi connectivity index (χ2v) is 3.37. The molecule has 1 fully saturated rings. The third-order valence-corrected chi connectivity index (χ3v) is 2.30. The molecule has 7 heteroatoms. The zero-order valence-electron chi connectivity index (χ0n) is 8.42. The van der Waals surface area contributed by atoms with Gasteiger partial charge in [0, 0.05) is 20.1 Å². The Morgan fingerprint density at radius 2 is 2.20 bits per heavy atom. The molecule has 2 heterocycles. The fourth-order valence-corrected chi connectivity index (χ4v) is 1.59. The maximum Gasteiger partial charge on any atom is 0.330 e. The predicted octanol–water partition coefficient (Wildman–Crippen LogP) is 0.165. The van der Waals surface area contributed by atoms with Crippen molar-refractivity contribution in [2.24, 2.45) is 7.05 Å². The summed E-state index contributed by atoms with van der Waals surface area (Å²) in [4.78, 5) is 12.2. The van der Waals surface area contributed by atoms with Gasteiger partial charge in [-0.05, 0) is 0 Å². The molecule has 0 atom stereocenters. The van der Waals surface area contributed by atoms with E-state index < -0.39 is 4.92 Å². The van der Waals surface area contributed by atoms with Crippen LogP contribution in [0, 0.1) is 10.1 Å². The van der Waals surface area contributed by atoms with E-state index >= 15 is 0 Å². The van der Waals surface area contributed by atoms with Crippen molar-refractivity contribution in [3.63, 3.8) is 0 Å². The summed E-state index contributed by atoms with van der Waals surface area (Å²) in [5.74, 6) is 0.436. The van der Waals surface area contributed by atoms with Crippen LogP contribution in [-0.2, 0) is 11.8 Å². The molecule has 1 aliphatic rings. The van der Waals surface area contributed by atoms with E-state index in [9.17, 15) is 10.1 Å². The zero-order chi connectivity index (χ0) is 10.8. The molecule has 0 bridgehead atoms. The van der Waals surface area contributed by atoms with Gasteiger partial charge in [0.25, 0.3) is 0 Å². The Morgan fingerprint density at radius 3 is 2.80 bits per heavy atom. The number of anilines is 1. The number of rotatable bonds is 2. The molecule has 0 unspecified atom stereocenters. The molecule has 0 spiro atoms. The number of nitro groups is 1. The van der Waals surface area contributed by atoms with E-state index in [0.29, 0.717) is 32.1 Å². The highest BCUT2D eigenvalue weighted by Crippen LogP contribution is 2.26. The van der Waals surface area contributed by atoms with Gasteiger partial charge in [0.05, 0.1) is 18.1 Å². The van der Waals surface area contributed by atoms with E-state index in [0.717, 1.165) is 0 Å². The van der Waals surface area contributed by atoms with Crippen molar-refractivity contribution in [1.82, 2.24) is 9.78 Å². The van der Waals surface area contributed by atoms with Gasteiger partial charge in [-0.1, -0.05) is 0 Å². The molecule has 0 radical (unpaired) electrons. The molecule has 1 aliphatic heterocycles. The second-order valence-electron chi connectivity index (χ2n) is 3.37. The normalized spacial score (nSPS) is 16.7. The lowest BCUT2D eigenvalue weighted by molar-refractivity contribution is -0.384. The van der Waals surface area contributed by atoms with Crippen LogP contribution in [0.25, 0.3) is 0 Å². The first-order chi connectivity index (χ1) is 7.18. The van der Waals surface area contributed by atoms with Crippen molar-refractivity contribution < 1.29 is 9.66 Å². The minimum absolute atomic E-state index is 0.0550. The van der Waals surface area contributed by atoms with Crippen LogP contribution in [0.1, 0.15) is 0 Å². The lowest BCUT2D eigenvalue weighted by atomic mass is 10.4. The number of hydrogen-bond acceptors (Lipinski definition) is 5. The van der Waals surface area contributed by atoms with E-state index in [1.165, 1.54) is 10.9 Å². The third-order valence-electron chi connectivity index (χ3n) is 2.30. The quantitative estimate of drug-likeness (QED) is 0.516. The highest BCUT2D eigenvalue weighted by molar-refractivity contribution is 5.56. The Kier molecular flexibility index (Phi) is 2.55. The Morgan fingerprint density at radius 1 is 1.53 bits per heavy atom. The van der Waals surface area contributed by atoms with Crippen molar-refractivity contribution >= 4 is 11.5 Å². The molecule has 0 N–H and O–H groups in total. The molecule has 0 aliphatic carbocycles. The summed E-state index contributed by atoms with van der Waals surface area (Å²) in [6, 6.07) is 0. The molecular formula is C8H12N4O3. The van der Waals surface area contributed by atoms with Crippen molar-refractivity contribution in [2.45, 2.75) is 0 Å². The summed E-state index contributed by atoms with van der Waals surface area (Å²) in [7, 11) is 1.68. The molecule has 1 aromatic rings. The van der Waals surface area contributed by atoms with Gasteiger partial charge >= 0.3 is 5.69 Å². The molecule has 1 saturated heterocycles. The van der Waals surface area contributed by atoms with E-state index in [1.54, 1.807) is 7.05 Å². The summed E-state index contributed by atoms with van der Waals surface area (Å²) in [6.45, 7) is 2.48. The minimum atomic E-state index is -0.405. The molecule has 0 saturated carbocycles. The monoisotopic (exact) mass is 212 g/mol. The third kappa shape index (κ3) is 1.91. The fraction of sp³-hybridized carbons (Fsp3) is 0.625. The van der Waals surface area contributed by atoms with Gasteiger partial charge in [-0.2, -0.15) is 0 Å². The van der Waals surface area contributed by atoms with Crippen LogP contribution >= 0.6 is 0 Å². The van der Waals surface area contributed by atoms with Crippen molar-refractivity contribution in [3.05, 3.63) is 16.3 Å². The van der Waals surface area contributed by atoms with Crippen molar-refractivity contribution in [3.8, 4) is 0 Å². The van der Waals surface area contributed by atoms with E-state index in [1.807, 2.05) is 4.90 Å². The van der Waals surface area contributed by atoms with Crippen LogP contribution in [0.4, 0.5) is 11.5 Å². The van der Waals surface area contributed by atoms with Gasteiger partial charge in [0.15, 0.2) is 0 Å². The van der Waals surface area contributed by atoms with Gasteiger partial charge in [-0.15, -0.1) is 5.10 Å².